The van der Waals surface area contributed by atoms with Crippen LogP contribution in [-0.2, 0) is 0 Å². The molecular weight excluding hydrogens is 208 g/mol. The summed E-state index contributed by atoms with van der Waals surface area (Å²) in [7, 11) is 0. The molecule has 0 radical (unpaired) electrons. The van der Waals surface area contributed by atoms with Crippen molar-refractivity contribution in [2.24, 2.45) is 0 Å². The second-order valence-corrected chi connectivity index (χ2v) is 4.78. The number of benzene rings is 1. The zero-order valence-corrected chi connectivity index (χ0v) is 11.4. The zero-order valence-electron chi connectivity index (χ0n) is 11.4. The van der Waals surface area contributed by atoms with E-state index in [2.05, 4.69) is 38.1 Å². The fourth-order valence-corrected chi connectivity index (χ4v) is 1.88. The number of aryl methyl sites for hydroxylation is 1. The highest BCUT2D eigenvalue weighted by atomic mass is 16.5. The predicted octanol–water partition coefficient (Wildman–Crippen LogP) is 5.12. The number of ether oxygens (including phenoxy) is 1. The summed E-state index contributed by atoms with van der Waals surface area (Å²) < 4.78 is 5.69. The summed E-state index contributed by atoms with van der Waals surface area (Å²) in [4.78, 5) is 0. The monoisotopic (exact) mass is 234 g/mol. The van der Waals surface area contributed by atoms with Crippen LogP contribution in [0.15, 0.2) is 24.3 Å². The molecule has 0 amide bonds. The maximum absolute atomic E-state index is 5.69. The maximum Gasteiger partial charge on any atom is 0.119 e. The van der Waals surface area contributed by atoms with Crippen molar-refractivity contribution in [1.29, 1.82) is 0 Å². The smallest absolute Gasteiger partial charge is 0.119 e. The van der Waals surface area contributed by atoms with Gasteiger partial charge in [0.2, 0.25) is 0 Å². The first-order chi connectivity index (χ1) is 8.33. The highest BCUT2D eigenvalue weighted by Crippen LogP contribution is 2.12. The fourth-order valence-electron chi connectivity index (χ4n) is 1.88. The summed E-state index contributed by atoms with van der Waals surface area (Å²) in [6, 6.07) is 8.30. The number of hydrogen-bond donors (Lipinski definition) is 0. The first-order valence-corrected chi connectivity index (χ1v) is 7.02. The van der Waals surface area contributed by atoms with Gasteiger partial charge in [-0.05, 0) is 25.5 Å². The van der Waals surface area contributed by atoms with E-state index in [9.17, 15) is 0 Å². The molecule has 0 unspecified atom stereocenters. The highest BCUT2D eigenvalue weighted by molar-refractivity contribution is 5.26. The van der Waals surface area contributed by atoms with Crippen LogP contribution in [0.3, 0.4) is 0 Å². The lowest BCUT2D eigenvalue weighted by molar-refractivity contribution is 0.304. The van der Waals surface area contributed by atoms with Gasteiger partial charge in [0, 0.05) is 0 Å². The van der Waals surface area contributed by atoms with Gasteiger partial charge >= 0.3 is 0 Å². The van der Waals surface area contributed by atoms with Crippen LogP contribution < -0.4 is 4.74 Å². The van der Waals surface area contributed by atoms with Gasteiger partial charge in [-0.2, -0.15) is 0 Å². The largest absolute Gasteiger partial charge is 0.494 e. The second-order valence-electron chi connectivity index (χ2n) is 4.78. The van der Waals surface area contributed by atoms with Gasteiger partial charge in [-0.15, -0.1) is 0 Å². The average Bonchev–Trinajstić information content (AvgIpc) is 2.35. The van der Waals surface area contributed by atoms with Gasteiger partial charge in [-0.1, -0.05) is 63.1 Å². The van der Waals surface area contributed by atoms with E-state index in [0.29, 0.717) is 0 Å². The van der Waals surface area contributed by atoms with E-state index in [-0.39, 0.29) is 0 Å². The molecule has 0 fully saturated rings. The van der Waals surface area contributed by atoms with Gasteiger partial charge in [0.15, 0.2) is 0 Å². The summed E-state index contributed by atoms with van der Waals surface area (Å²) in [6.45, 7) is 5.21. The fraction of sp³-hybridized carbons (Fsp3) is 0.625. The number of hydrogen-bond acceptors (Lipinski definition) is 1. The molecule has 1 nitrogen and oxygen atoms in total. The summed E-state index contributed by atoms with van der Waals surface area (Å²) in [5.74, 6) is 1.00. The minimum absolute atomic E-state index is 0.858. The summed E-state index contributed by atoms with van der Waals surface area (Å²) in [5, 5.41) is 0. The molecule has 0 atom stereocenters. The molecule has 1 rings (SSSR count). The standard InChI is InChI=1S/C16H26O/c1-3-4-5-6-7-8-9-14-17-16-12-10-15(2)11-13-16/h10-13H,3-9,14H2,1-2H3. The van der Waals surface area contributed by atoms with E-state index in [0.717, 1.165) is 12.4 Å². The van der Waals surface area contributed by atoms with Crippen molar-refractivity contribution in [1.82, 2.24) is 0 Å². The average molecular weight is 234 g/mol. The summed E-state index contributed by atoms with van der Waals surface area (Å²) in [6.07, 6.45) is 9.34. The SMILES string of the molecule is CCCCCCCCCOc1ccc(C)cc1. The molecule has 1 aromatic rings. The molecular formula is C16H26O. The molecule has 0 aliphatic carbocycles. The molecule has 0 heterocycles. The van der Waals surface area contributed by atoms with E-state index in [1.54, 1.807) is 0 Å². The second kappa shape index (κ2) is 9.09. The Morgan fingerprint density at radius 1 is 0.824 bits per heavy atom. The van der Waals surface area contributed by atoms with Crippen LogP contribution in [0.4, 0.5) is 0 Å². The molecule has 96 valence electrons. The highest BCUT2D eigenvalue weighted by Gasteiger charge is 1.94. The Balaban J connectivity index is 1.95. The van der Waals surface area contributed by atoms with Crippen molar-refractivity contribution in [3.63, 3.8) is 0 Å². The lowest BCUT2D eigenvalue weighted by Crippen LogP contribution is -1.97. The van der Waals surface area contributed by atoms with E-state index in [1.165, 1.54) is 50.5 Å². The van der Waals surface area contributed by atoms with Crippen molar-refractivity contribution in [3.8, 4) is 5.75 Å². The van der Waals surface area contributed by atoms with Crippen LogP contribution in [0.2, 0.25) is 0 Å². The van der Waals surface area contributed by atoms with Crippen LogP contribution in [-0.4, -0.2) is 6.61 Å². The van der Waals surface area contributed by atoms with Crippen LogP contribution in [0.25, 0.3) is 0 Å². The van der Waals surface area contributed by atoms with Crippen molar-refractivity contribution < 1.29 is 4.74 Å². The maximum atomic E-state index is 5.69. The quantitative estimate of drug-likeness (QED) is 0.538. The lowest BCUT2D eigenvalue weighted by Gasteiger charge is -2.06. The minimum Gasteiger partial charge on any atom is -0.494 e. The summed E-state index contributed by atoms with van der Waals surface area (Å²) in [5.41, 5.74) is 1.29. The van der Waals surface area contributed by atoms with E-state index < -0.39 is 0 Å². The van der Waals surface area contributed by atoms with E-state index >= 15 is 0 Å². The lowest BCUT2D eigenvalue weighted by atomic mass is 10.1. The summed E-state index contributed by atoms with van der Waals surface area (Å²) >= 11 is 0. The van der Waals surface area contributed by atoms with Crippen molar-refractivity contribution >= 4 is 0 Å². The van der Waals surface area contributed by atoms with Gasteiger partial charge < -0.3 is 4.74 Å². The predicted molar refractivity (Wildman–Crippen MR) is 74.7 cm³/mol. The van der Waals surface area contributed by atoms with Gasteiger partial charge in [-0.25, -0.2) is 0 Å². The molecule has 0 aliphatic heterocycles. The zero-order chi connectivity index (χ0) is 12.3. The first-order valence-electron chi connectivity index (χ1n) is 7.02. The van der Waals surface area contributed by atoms with Crippen molar-refractivity contribution in [2.45, 2.75) is 58.8 Å². The van der Waals surface area contributed by atoms with Gasteiger partial charge in [0.25, 0.3) is 0 Å². The van der Waals surface area contributed by atoms with Gasteiger partial charge in [-0.3, -0.25) is 0 Å². The normalized spacial score (nSPS) is 10.5. The third kappa shape index (κ3) is 7.04. The Kier molecular flexibility index (Phi) is 7.53. The minimum atomic E-state index is 0.858. The van der Waals surface area contributed by atoms with Crippen LogP contribution >= 0.6 is 0 Å². The molecule has 0 N–H and O–H groups in total. The molecule has 0 spiro atoms. The topological polar surface area (TPSA) is 9.23 Å². The van der Waals surface area contributed by atoms with Crippen molar-refractivity contribution in [2.75, 3.05) is 6.61 Å². The van der Waals surface area contributed by atoms with E-state index in [1.807, 2.05) is 0 Å². The van der Waals surface area contributed by atoms with Crippen LogP contribution in [0.5, 0.6) is 5.75 Å². The van der Waals surface area contributed by atoms with Gasteiger partial charge in [0.1, 0.15) is 5.75 Å². The van der Waals surface area contributed by atoms with E-state index in [4.69, 9.17) is 4.74 Å². The Labute approximate surface area is 106 Å². The number of rotatable bonds is 9. The molecule has 17 heavy (non-hydrogen) atoms. The molecule has 0 aromatic heterocycles. The van der Waals surface area contributed by atoms with Crippen LogP contribution in [0.1, 0.15) is 57.4 Å². The number of unbranched alkanes of at least 4 members (excludes halogenated alkanes) is 6. The molecule has 0 saturated carbocycles. The molecule has 0 aliphatic rings. The Morgan fingerprint density at radius 2 is 1.41 bits per heavy atom. The Bertz CT molecular complexity index is 276. The Hall–Kier alpha value is -0.980. The molecule has 0 saturated heterocycles. The van der Waals surface area contributed by atoms with Crippen LogP contribution in [0, 0.1) is 6.92 Å². The van der Waals surface area contributed by atoms with Gasteiger partial charge in [0.05, 0.1) is 6.61 Å². The molecule has 1 heteroatoms. The first kappa shape index (κ1) is 14.1. The molecule has 0 bridgehead atoms. The van der Waals surface area contributed by atoms with Crippen molar-refractivity contribution in [3.05, 3.63) is 29.8 Å². The third-order valence-electron chi connectivity index (χ3n) is 3.04. The third-order valence-corrected chi connectivity index (χ3v) is 3.04. The Morgan fingerprint density at radius 3 is 2.06 bits per heavy atom. The molecule has 1 aromatic carbocycles.